The van der Waals surface area contributed by atoms with Crippen molar-refractivity contribution < 1.29 is 4.39 Å². The Hall–Kier alpha value is -0.890. The summed E-state index contributed by atoms with van der Waals surface area (Å²) in [4.78, 5) is 0. The molecule has 0 aliphatic heterocycles. The van der Waals surface area contributed by atoms with E-state index in [0.29, 0.717) is 6.04 Å². The second-order valence-electron chi connectivity index (χ2n) is 5.51. The summed E-state index contributed by atoms with van der Waals surface area (Å²) >= 11 is 0. The van der Waals surface area contributed by atoms with Crippen molar-refractivity contribution in [3.8, 4) is 0 Å². The van der Waals surface area contributed by atoms with Gasteiger partial charge >= 0.3 is 0 Å². The maximum Gasteiger partial charge on any atom is 0.123 e. The lowest BCUT2D eigenvalue weighted by Crippen LogP contribution is -2.35. The molecule has 1 aliphatic carbocycles. The molecular formula is C16H24FN. The van der Waals surface area contributed by atoms with Crippen molar-refractivity contribution in [3.05, 3.63) is 35.6 Å². The summed E-state index contributed by atoms with van der Waals surface area (Å²) in [5.41, 5.74) is 1.24. The Labute approximate surface area is 110 Å². The third-order valence-corrected chi connectivity index (χ3v) is 3.92. The molecule has 1 aliphatic rings. The van der Waals surface area contributed by atoms with Gasteiger partial charge in [0.05, 0.1) is 0 Å². The first kappa shape index (κ1) is 13.5. The van der Waals surface area contributed by atoms with Crippen LogP contribution in [0.1, 0.15) is 44.6 Å². The lowest BCUT2D eigenvalue weighted by Gasteiger charge is -2.30. The van der Waals surface area contributed by atoms with Crippen LogP contribution in [0.25, 0.3) is 0 Å². The third-order valence-electron chi connectivity index (χ3n) is 3.92. The van der Waals surface area contributed by atoms with Gasteiger partial charge in [0.2, 0.25) is 0 Å². The highest BCUT2D eigenvalue weighted by atomic mass is 19.1. The molecule has 1 N–H and O–H groups in total. The summed E-state index contributed by atoms with van der Waals surface area (Å²) in [5.74, 6) is 0.774. The van der Waals surface area contributed by atoms with Crippen LogP contribution in [0.5, 0.6) is 0 Å². The van der Waals surface area contributed by atoms with Gasteiger partial charge < -0.3 is 5.32 Å². The smallest absolute Gasteiger partial charge is 0.123 e. The first-order valence-electron chi connectivity index (χ1n) is 7.25. The van der Waals surface area contributed by atoms with Crippen LogP contribution >= 0.6 is 0 Å². The first-order valence-corrected chi connectivity index (χ1v) is 7.25. The van der Waals surface area contributed by atoms with E-state index in [9.17, 15) is 4.39 Å². The van der Waals surface area contributed by atoms with E-state index in [0.717, 1.165) is 18.9 Å². The van der Waals surface area contributed by atoms with E-state index < -0.39 is 0 Å². The molecule has 1 nitrogen and oxygen atoms in total. The molecular weight excluding hydrogens is 225 g/mol. The fraction of sp³-hybridized carbons (Fsp3) is 0.625. The third kappa shape index (κ3) is 4.09. The van der Waals surface area contributed by atoms with Crippen molar-refractivity contribution in [2.75, 3.05) is 6.54 Å². The van der Waals surface area contributed by atoms with Crippen LogP contribution in [-0.2, 0) is 6.42 Å². The van der Waals surface area contributed by atoms with Crippen molar-refractivity contribution in [1.82, 2.24) is 5.32 Å². The van der Waals surface area contributed by atoms with Crippen LogP contribution < -0.4 is 5.32 Å². The lowest BCUT2D eigenvalue weighted by atomic mass is 9.80. The molecule has 1 aromatic carbocycles. The van der Waals surface area contributed by atoms with Gasteiger partial charge in [-0.15, -0.1) is 0 Å². The van der Waals surface area contributed by atoms with E-state index in [4.69, 9.17) is 0 Å². The Balaban J connectivity index is 1.88. The Morgan fingerprint density at radius 2 is 2.00 bits per heavy atom. The van der Waals surface area contributed by atoms with Crippen LogP contribution in [0.3, 0.4) is 0 Å². The molecule has 2 heteroatoms. The van der Waals surface area contributed by atoms with E-state index in [1.807, 2.05) is 12.1 Å². The molecule has 2 rings (SSSR count). The minimum absolute atomic E-state index is 0.143. The van der Waals surface area contributed by atoms with Crippen LogP contribution in [0.15, 0.2) is 24.3 Å². The lowest BCUT2D eigenvalue weighted by molar-refractivity contribution is 0.259. The van der Waals surface area contributed by atoms with Crippen molar-refractivity contribution in [3.63, 3.8) is 0 Å². The normalized spacial score (nSPS) is 17.4. The monoisotopic (exact) mass is 249 g/mol. The van der Waals surface area contributed by atoms with Gasteiger partial charge in [-0.2, -0.15) is 0 Å². The van der Waals surface area contributed by atoms with Gasteiger partial charge in [0.1, 0.15) is 5.82 Å². The quantitative estimate of drug-likeness (QED) is 0.772. The van der Waals surface area contributed by atoms with Gasteiger partial charge in [0, 0.05) is 6.04 Å². The molecule has 0 saturated heterocycles. The standard InChI is InChI=1S/C16H24FN/c1-2-10-18-16(11-13-4-3-5-13)12-14-6-8-15(17)9-7-14/h6-9,13,16,18H,2-5,10-12H2,1H3. The number of rotatable bonds is 7. The van der Waals surface area contributed by atoms with E-state index in [1.54, 1.807) is 12.1 Å². The predicted molar refractivity (Wildman–Crippen MR) is 74.1 cm³/mol. The molecule has 1 unspecified atom stereocenters. The van der Waals surface area contributed by atoms with Crippen molar-refractivity contribution in [1.29, 1.82) is 0 Å². The maximum absolute atomic E-state index is 12.9. The highest BCUT2D eigenvalue weighted by Gasteiger charge is 2.21. The highest BCUT2D eigenvalue weighted by molar-refractivity contribution is 5.17. The second kappa shape index (κ2) is 6.89. The molecule has 0 heterocycles. The van der Waals surface area contributed by atoms with Gasteiger partial charge in [-0.1, -0.05) is 38.3 Å². The van der Waals surface area contributed by atoms with Gasteiger partial charge in [0.15, 0.2) is 0 Å². The number of hydrogen-bond acceptors (Lipinski definition) is 1. The topological polar surface area (TPSA) is 12.0 Å². The van der Waals surface area contributed by atoms with E-state index in [1.165, 1.54) is 37.7 Å². The van der Waals surface area contributed by atoms with E-state index in [2.05, 4.69) is 12.2 Å². The Bertz CT molecular complexity index is 343. The number of nitrogens with one attached hydrogen (secondary N) is 1. The van der Waals surface area contributed by atoms with E-state index >= 15 is 0 Å². The summed E-state index contributed by atoms with van der Waals surface area (Å²) in [6, 6.07) is 7.51. The highest BCUT2D eigenvalue weighted by Crippen LogP contribution is 2.31. The van der Waals surface area contributed by atoms with Crippen LogP contribution in [0.2, 0.25) is 0 Å². The number of benzene rings is 1. The van der Waals surface area contributed by atoms with Gasteiger partial charge in [0.25, 0.3) is 0 Å². The molecule has 0 amide bonds. The molecule has 18 heavy (non-hydrogen) atoms. The van der Waals surface area contributed by atoms with Crippen molar-refractivity contribution >= 4 is 0 Å². The van der Waals surface area contributed by atoms with Gasteiger partial charge in [-0.3, -0.25) is 0 Å². The summed E-state index contributed by atoms with van der Waals surface area (Å²) in [5, 5.41) is 3.64. The minimum Gasteiger partial charge on any atom is -0.314 e. The van der Waals surface area contributed by atoms with Crippen LogP contribution in [0, 0.1) is 11.7 Å². The molecule has 0 bridgehead atoms. The van der Waals surface area contributed by atoms with Crippen molar-refractivity contribution in [2.45, 2.75) is 51.5 Å². The SMILES string of the molecule is CCCNC(Cc1ccc(F)cc1)CC1CCC1. The zero-order chi connectivity index (χ0) is 12.8. The minimum atomic E-state index is -0.143. The molecule has 0 aromatic heterocycles. The average Bonchev–Trinajstić information content (AvgIpc) is 2.33. The zero-order valence-electron chi connectivity index (χ0n) is 11.3. The summed E-state index contributed by atoms with van der Waals surface area (Å²) < 4.78 is 12.9. The van der Waals surface area contributed by atoms with E-state index in [-0.39, 0.29) is 5.82 Å². The molecule has 100 valence electrons. The molecule has 0 radical (unpaired) electrons. The van der Waals surface area contributed by atoms with Crippen LogP contribution in [-0.4, -0.2) is 12.6 Å². The Morgan fingerprint density at radius 3 is 2.56 bits per heavy atom. The molecule has 1 aromatic rings. The second-order valence-corrected chi connectivity index (χ2v) is 5.51. The Kier molecular flexibility index (Phi) is 5.18. The zero-order valence-corrected chi connectivity index (χ0v) is 11.3. The average molecular weight is 249 g/mol. The number of hydrogen-bond donors (Lipinski definition) is 1. The van der Waals surface area contributed by atoms with Crippen LogP contribution in [0.4, 0.5) is 4.39 Å². The van der Waals surface area contributed by atoms with Gasteiger partial charge in [-0.25, -0.2) is 4.39 Å². The summed E-state index contributed by atoms with van der Waals surface area (Å²) in [6.45, 7) is 3.28. The summed E-state index contributed by atoms with van der Waals surface area (Å²) in [7, 11) is 0. The molecule has 1 atom stereocenters. The Morgan fingerprint density at radius 1 is 1.28 bits per heavy atom. The fourth-order valence-electron chi connectivity index (χ4n) is 2.62. The van der Waals surface area contributed by atoms with Gasteiger partial charge in [-0.05, 0) is 49.4 Å². The maximum atomic E-state index is 12.9. The number of halogens is 1. The predicted octanol–water partition coefficient (Wildman–Crippen LogP) is 3.93. The molecule has 0 spiro atoms. The van der Waals surface area contributed by atoms with Crippen molar-refractivity contribution in [2.24, 2.45) is 5.92 Å². The largest absolute Gasteiger partial charge is 0.314 e. The molecule has 1 fully saturated rings. The fourth-order valence-corrected chi connectivity index (χ4v) is 2.62. The summed E-state index contributed by atoms with van der Waals surface area (Å²) in [6.07, 6.45) is 7.67. The first-order chi connectivity index (χ1) is 8.78. The molecule has 1 saturated carbocycles.